The lowest BCUT2D eigenvalue weighted by molar-refractivity contribution is -0.195. The van der Waals surface area contributed by atoms with Gasteiger partial charge >= 0.3 is 6.18 Å². The Balaban J connectivity index is 1.52. The quantitative estimate of drug-likeness (QED) is 0.209. The van der Waals surface area contributed by atoms with Crippen molar-refractivity contribution < 1.29 is 13.2 Å². The predicted molar refractivity (Wildman–Crippen MR) is 164 cm³/mol. The van der Waals surface area contributed by atoms with Crippen LogP contribution in [0.1, 0.15) is 49.4 Å². The number of alkyl halides is 3. The highest BCUT2D eigenvalue weighted by atomic mass is 19.4. The Hall–Kier alpha value is -5.27. The van der Waals surface area contributed by atoms with Crippen LogP contribution in [0.25, 0.3) is 21.8 Å². The molecule has 2 aromatic heterocycles. The summed E-state index contributed by atoms with van der Waals surface area (Å²) < 4.78 is 43.6. The third-order valence-corrected chi connectivity index (χ3v) is 8.33. The number of aromatic nitrogens is 2. The summed E-state index contributed by atoms with van der Waals surface area (Å²) >= 11 is 0. The van der Waals surface area contributed by atoms with Crippen LogP contribution in [0, 0.1) is 28.6 Å². The van der Waals surface area contributed by atoms with Crippen molar-refractivity contribution in [3.63, 3.8) is 0 Å². The molecule has 13 heteroatoms. The molecule has 3 heterocycles. The molecule has 0 radical (unpaired) electrons. The van der Waals surface area contributed by atoms with Crippen molar-refractivity contribution >= 4 is 33.2 Å². The molecule has 2 aliphatic rings. The lowest BCUT2D eigenvalue weighted by atomic mass is 9.97. The molecule has 230 valence electrons. The molecule has 1 aliphatic carbocycles. The number of halogens is 3. The molecular weight excluding hydrogens is 583 g/mol. The maximum absolute atomic E-state index is 14.0. The molecular formula is C32H30F3N9O. The summed E-state index contributed by atoms with van der Waals surface area (Å²) in [6.07, 6.45) is -1.68. The lowest BCUT2D eigenvalue weighted by Gasteiger charge is -2.28. The SMILES string of the molecule is CC(C)CNc1c(C#N)cnc2c(C#N)cc(N[C@H](C3=CN(C4(C(F)(F)F)CC4)NN3)c3cccc4c3ccc(=O)n4C)cc12. The molecule has 2 aromatic carbocycles. The van der Waals surface area contributed by atoms with E-state index in [0.717, 1.165) is 5.01 Å². The number of hydrogen-bond acceptors (Lipinski definition) is 9. The van der Waals surface area contributed by atoms with Crippen LogP contribution in [0.3, 0.4) is 0 Å². The van der Waals surface area contributed by atoms with Crippen LogP contribution in [0.4, 0.5) is 24.5 Å². The van der Waals surface area contributed by atoms with Gasteiger partial charge in [0.2, 0.25) is 0 Å². The first-order chi connectivity index (χ1) is 21.5. The number of pyridine rings is 2. The largest absolute Gasteiger partial charge is 0.413 e. The van der Waals surface area contributed by atoms with Gasteiger partial charge < -0.3 is 20.6 Å². The van der Waals surface area contributed by atoms with Crippen LogP contribution in [-0.2, 0) is 7.05 Å². The van der Waals surface area contributed by atoms with E-state index in [9.17, 15) is 28.5 Å². The molecule has 0 amide bonds. The highest BCUT2D eigenvalue weighted by molar-refractivity contribution is 5.99. The molecule has 0 unspecified atom stereocenters. The molecule has 1 aliphatic heterocycles. The van der Waals surface area contributed by atoms with Gasteiger partial charge in [-0.3, -0.25) is 14.8 Å². The zero-order valence-electron chi connectivity index (χ0n) is 24.8. The second-order valence-electron chi connectivity index (χ2n) is 11.8. The number of benzene rings is 2. The van der Waals surface area contributed by atoms with Crippen LogP contribution < -0.4 is 27.2 Å². The minimum absolute atomic E-state index is 0.0416. The van der Waals surface area contributed by atoms with Gasteiger partial charge in [0.05, 0.1) is 39.6 Å². The summed E-state index contributed by atoms with van der Waals surface area (Å²) in [5.74, 6) is 0.269. The number of aryl methyl sites for hydroxylation is 1. The monoisotopic (exact) mass is 613 g/mol. The fourth-order valence-electron chi connectivity index (χ4n) is 5.71. The Morgan fingerprint density at radius 2 is 1.84 bits per heavy atom. The van der Waals surface area contributed by atoms with E-state index >= 15 is 0 Å². The highest BCUT2D eigenvalue weighted by Gasteiger charge is 2.67. The van der Waals surface area contributed by atoms with Gasteiger partial charge in [0, 0.05) is 48.5 Å². The normalized spacial score (nSPS) is 16.2. The van der Waals surface area contributed by atoms with Crippen molar-refractivity contribution in [1.29, 1.82) is 10.5 Å². The van der Waals surface area contributed by atoms with E-state index in [2.05, 4.69) is 38.7 Å². The van der Waals surface area contributed by atoms with Crippen LogP contribution in [0.15, 0.2) is 65.4 Å². The third-order valence-electron chi connectivity index (χ3n) is 8.33. The molecule has 45 heavy (non-hydrogen) atoms. The summed E-state index contributed by atoms with van der Waals surface area (Å²) in [7, 11) is 1.65. The number of fused-ring (bicyclic) bond motifs is 2. The number of hydrogen-bond donors (Lipinski definition) is 4. The summed E-state index contributed by atoms with van der Waals surface area (Å²) in [5, 5.41) is 29.0. The van der Waals surface area contributed by atoms with Crippen LogP contribution in [0.5, 0.6) is 0 Å². The molecule has 4 aromatic rings. The van der Waals surface area contributed by atoms with E-state index in [1.807, 2.05) is 19.9 Å². The molecule has 10 nitrogen and oxygen atoms in total. The van der Waals surface area contributed by atoms with Gasteiger partial charge in [0.1, 0.15) is 12.1 Å². The van der Waals surface area contributed by atoms with Gasteiger partial charge in [0.25, 0.3) is 5.56 Å². The standard InChI is InChI=1S/C32H30F3N9O/c1-18(2)15-38-29-20(14-37)16-39-28-19(13-36)11-21(12-24(28)29)40-30(23-5-4-6-26-22(23)7-8-27(45)43(26)3)25-17-44(42-41-25)31(9-10-31)32(33,34)35/h4-8,11-12,16-18,30,40-42H,9-10,15H2,1-3H3,(H,38,39)/t30-/m0/s1. The fraction of sp³-hybridized carbons (Fsp3) is 0.312. The van der Waals surface area contributed by atoms with Crippen LogP contribution in [-0.4, -0.2) is 32.8 Å². The van der Waals surface area contributed by atoms with Gasteiger partial charge in [-0.25, -0.2) is 0 Å². The van der Waals surface area contributed by atoms with Gasteiger partial charge in [-0.15, -0.1) is 5.53 Å². The lowest BCUT2D eigenvalue weighted by Crippen LogP contribution is -2.52. The van der Waals surface area contributed by atoms with E-state index < -0.39 is 17.8 Å². The number of hydrazine groups is 2. The van der Waals surface area contributed by atoms with E-state index in [-0.39, 0.29) is 29.9 Å². The van der Waals surface area contributed by atoms with Crippen molar-refractivity contribution in [2.24, 2.45) is 13.0 Å². The molecule has 0 spiro atoms. The number of rotatable bonds is 8. The van der Waals surface area contributed by atoms with E-state index in [1.54, 1.807) is 37.4 Å². The number of anilines is 2. The first-order valence-corrected chi connectivity index (χ1v) is 14.4. The Kier molecular flexibility index (Phi) is 7.29. The summed E-state index contributed by atoms with van der Waals surface area (Å²) in [4.78, 5) is 16.8. The Bertz CT molecular complexity index is 2000. The number of nitrogens with zero attached hydrogens (tertiary/aromatic N) is 5. The topological polar surface area (TPSA) is 134 Å². The van der Waals surface area contributed by atoms with Crippen molar-refractivity contribution in [1.82, 2.24) is 25.5 Å². The number of nitriles is 2. The van der Waals surface area contributed by atoms with E-state index in [1.165, 1.54) is 23.0 Å². The Morgan fingerprint density at radius 1 is 1.09 bits per heavy atom. The van der Waals surface area contributed by atoms with Crippen LogP contribution in [0.2, 0.25) is 0 Å². The third kappa shape index (κ3) is 5.15. The fourth-order valence-corrected chi connectivity index (χ4v) is 5.71. The van der Waals surface area contributed by atoms with Crippen LogP contribution >= 0.6 is 0 Å². The zero-order valence-corrected chi connectivity index (χ0v) is 24.8. The first kappa shape index (κ1) is 29.8. The average Bonchev–Trinajstić information content (AvgIpc) is 3.71. The van der Waals surface area contributed by atoms with Crippen molar-refractivity contribution in [2.75, 3.05) is 17.2 Å². The molecule has 1 saturated carbocycles. The number of nitrogens with one attached hydrogen (secondary N) is 4. The summed E-state index contributed by atoms with van der Waals surface area (Å²) in [6.45, 7) is 4.64. The van der Waals surface area contributed by atoms with Gasteiger partial charge in [-0.05, 0) is 48.6 Å². The second-order valence-corrected chi connectivity index (χ2v) is 11.8. The van der Waals surface area contributed by atoms with Gasteiger partial charge in [0.15, 0.2) is 5.54 Å². The maximum Gasteiger partial charge on any atom is 0.413 e. The molecule has 1 atom stereocenters. The second kappa shape index (κ2) is 11.0. The minimum atomic E-state index is -4.45. The molecule has 1 fully saturated rings. The summed E-state index contributed by atoms with van der Waals surface area (Å²) in [5.41, 5.74) is 7.14. The Morgan fingerprint density at radius 3 is 2.51 bits per heavy atom. The zero-order chi connectivity index (χ0) is 32.1. The predicted octanol–water partition coefficient (Wildman–Crippen LogP) is 5.31. The van der Waals surface area contributed by atoms with Crippen molar-refractivity contribution in [2.45, 2.75) is 44.4 Å². The minimum Gasteiger partial charge on any atom is -0.383 e. The van der Waals surface area contributed by atoms with Gasteiger partial charge in [-0.1, -0.05) is 26.0 Å². The van der Waals surface area contributed by atoms with E-state index in [0.29, 0.717) is 56.5 Å². The first-order valence-electron chi connectivity index (χ1n) is 14.4. The average molecular weight is 614 g/mol. The highest BCUT2D eigenvalue weighted by Crippen LogP contribution is 2.54. The van der Waals surface area contributed by atoms with E-state index in [4.69, 9.17) is 0 Å². The van der Waals surface area contributed by atoms with Crippen molar-refractivity contribution in [3.8, 4) is 12.1 Å². The molecule has 0 bridgehead atoms. The summed E-state index contributed by atoms with van der Waals surface area (Å²) in [6, 6.07) is 15.6. The molecule has 0 saturated heterocycles. The van der Waals surface area contributed by atoms with Crippen molar-refractivity contribution in [3.05, 3.63) is 87.6 Å². The van der Waals surface area contributed by atoms with Gasteiger partial charge in [-0.2, -0.15) is 23.7 Å². The smallest absolute Gasteiger partial charge is 0.383 e. The molecule has 4 N–H and O–H groups in total. The molecule has 6 rings (SSSR count). The Labute approximate surface area is 256 Å². The maximum atomic E-state index is 14.0.